The first kappa shape index (κ1) is 11.8. The Hall–Kier alpha value is -0.720. The van der Waals surface area contributed by atoms with E-state index in [4.69, 9.17) is 4.74 Å². The summed E-state index contributed by atoms with van der Waals surface area (Å²) in [4.78, 5) is 8.29. The first-order valence-corrected chi connectivity index (χ1v) is 5.98. The van der Waals surface area contributed by atoms with Crippen LogP contribution >= 0.6 is 15.9 Å². The highest BCUT2D eigenvalue weighted by atomic mass is 79.9. The van der Waals surface area contributed by atoms with Crippen molar-refractivity contribution in [3.63, 3.8) is 0 Å². The van der Waals surface area contributed by atoms with Crippen LogP contribution in [0.2, 0.25) is 0 Å². The third-order valence-electron chi connectivity index (χ3n) is 2.75. The molecule has 0 unspecified atom stereocenters. The maximum absolute atomic E-state index is 9.47. The third-order valence-corrected chi connectivity index (χ3v) is 3.16. The molecule has 1 aromatic rings. The molecule has 2 heterocycles. The van der Waals surface area contributed by atoms with Gasteiger partial charge in [0.15, 0.2) is 0 Å². The van der Waals surface area contributed by atoms with Crippen molar-refractivity contribution >= 4 is 21.9 Å². The Kier molecular flexibility index (Phi) is 3.73. The van der Waals surface area contributed by atoms with Gasteiger partial charge in [0.05, 0.1) is 16.6 Å². The second-order valence-corrected chi connectivity index (χ2v) is 4.82. The van der Waals surface area contributed by atoms with Crippen LogP contribution in [0.25, 0.3) is 0 Å². The zero-order valence-electron chi connectivity index (χ0n) is 8.82. The molecule has 0 spiro atoms. The summed E-state index contributed by atoms with van der Waals surface area (Å²) in [5.41, 5.74) is -0.341. The van der Waals surface area contributed by atoms with E-state index in [2.05, 4.69) is 31.2 Å². The predicted octanol–water partition coefficient (Wildman–Crippen LogP) is 1.19. The lowest BCUT2D eigenvalue weighted by molar-refractivity contribution is 0.0377. The minimum Gasteiger partial charge on any atom is -0.394 e. The van der Waals surface area contributed by atoms with E-state index < -0.39 is 0 Å². The molecule has 1 saturated heterocycles. The largest absolute Gasteiger partial charge is 0.394 e. The minimum absolute atomic E-state index is 0.0653. The summed E-state index contributed by atoms with van der Waals surface area (Å²) >= 11 is 3.28. The summed E-state index contributed by atoms with van der Waals surface area (Å²) in [6, 6.07) is 0. The molecule has 0 amide bonds. The van der Waals surface area contributed by atoms with Crippen molar-refractivity contribution in [3.05, 3.63) is 16.9 Å². The van der Waals surface area contributed by atoms with E-state index in [0.717, 1.165) is 17.3 Å². The number of halogens is 1. The minimum atomic E-state index is -0.341. The number of rotatable bonds is 3. The molecule has 0 atom stereocenters. The molecule has 88 valence electrons. The number of aromatic nitrogens is 2. The molecule has 0 aromatic carbocycles. The quantitative estimate of drug-likeness (QED) is 0.874. The fourth-order valence-electron chi connectivity index (χ4n) is 1.70. The monoisotopic (exact) mass is 287 g/mol. The van der Waals surface area contributed by atoms with E-state index in [1.807, 2.05) is 0 Å². The maximum Gasteiger partial charge on any atom is 0.223 e. The van der Waals surface area contributed by atoms with Gasteiger partial charge in [0.1, 0.15) is 0 Å². The number of hydrogen-bond acceptors (Lipinski definition) is 5. The number of aliphatic hydroxyl groups excluding tert-OH is 1. The lowest BCUT2D eigenvalue weighted by atomic mass is 9.91. The first-order valence-electron chi connectivity index (χ1n) is 5.18. The van der Waals surface area contributed by atoms with Crippen molar-refractivity contribution in [3.8, 4) is 0 Å². The van der Waals surface area contributed by atoms with Gasteiger partial charge in [-0.15, -0.1) is 0 Å². The van der Waals surface area contributed by atoms with Crippen molar-refractivity contribution in [1.29, 1.82) is 0 Å². The Labute approximate surface area is 102 Å². The number of hydrogen-bond donors (Lipinski definition) is 2. The highest BCUT2D eigenvalue weighted by Crippen LogP contribution is 2.24. The molecule has 16 heavy (non-hydrogen) atoms. The highest BCUT2D eigenvalue weighted by molar-refractivity contribution is 9.10. The van der Waals surface area contributed by atoms with Crippen LogP contribution in [-0.2, 0) is 4.74 Å². The molecule has 0 aliphatic carbocycles. The molecule has 0 bridgehead atoms. The Morgan fingerprint density at radius 1 is 1.38 bits per heavy atom. The van der Waals surface area contributed by atoms with Gasteiger partial charge in [0.2, 0.25) is 5.95 Å². The molecule has 6 heteroatoms. The molecule has 0 saturated carbocycles. The fourth-order valence-corrected chi connectivity index (χ4v) is 1.90. The van der Waals surface area contributed by atoms with Gasteiger partial charge in [0.25, 0.3) is 0 Å². The summed E-state index contributed by atoms with van der Waals surface area (Å²) < 4.78 is 6.12. The lowest BCUT2D eigenvalue weighted by Crippen LogP contribution is -2.47. The zero-order valence-corrected chi connectivity index (χ0v) is 10.4. The van der Waals surface area contributed by atoms with E-state index in [9.17, 15) is 5.11 Å². The smallest absolute Gasteiger partial charge is 0.223 e. The Bertz CT molecular complexity index is 338. The normalized spacial score (nSPS) is 19.4. The molecule has 2 rings (SSSR count). The number of nitrogens with one attached hydrogen (secondary N) is 1. The Balaban J connectivity index is 2.08. The molecule has 1 aromatic heterocycles. The molecular formula is C10H14BrN3O2. The Morgan fingerprint density at radius 2 is 2.00 bits per heavy atom. The van der Waals surface area contributed by atoms with E-state index in [1.54, 1.807) is 12.4 Å². The predicted molar refractivity (Wildman–Crippen MR) is 63.2 cm³/mol. The van der Waals surface area contributed by atoms with Crippen LogP contribution < -0.4 is 5.32 Å². The van der Waals surface area contributed by atoms with Gasteiger partial charge >= 0.3 is 0 Å². The summed E-state index contributed by atoms with van der Waals surface area (Å²) in [5, 5.41) is 12.7. The van der Waals surface area contributed by atoms with Crippen molar-refractivity contribution < 1.29 is 9.84 Å². The van der Waals surface area contributed by atoms with E-state index >= 15 is 0 Å². The molecule has 1 fully saturated rings. The standard InChI is InChI=1S/C10H14BrN3O2/c11-8-5-12-9(13-6-8)14-10(7-15)1-3-16-4-2-10/h5-6,15H,1-4,7H2,(H,12,13,14). The van der Waals surface area contributed by atoms with Crippen molar-refractivity contribution in [2.75, 3.05) is 25.1 Å². The number of aliphatic hydroxyl groups is 1. The van der Waals surface area contributed by atoms with Crippen LogP contribution in [0.5, 0.6) is 0 Å². The molecule has 1 aliphatic heterocycles. The van der Waals surface area contributed by atoms with Gasteiger partial charge < -0.3 is 15.2 Å². The van der Waals surface area contributed by atoms with Crippen LogP contribution in [0.4, 0.5) is 5.95 Å². The van der Waals surface area contributed by atoms with E-state index in [1.165, 1.54) is 0 Å². The molecule has 2 N–H and O–H groups in total. The van der Waals surface area contributed by atoms with Gasteiger partial charge in [-0.25, -0.2) is 9.97 Å². The summed E-state index contributed by atoms with van der Waals surface area (Å²) in [6.07, 6.45) is 4.89. The molecule has 1 aliphatic rings. The van der Waals surface area contributed by atoms with Gasteiger partial charge in [0, 0.05) is 25.6 Å². The summed E-state index contributed by atoms with van der Waals surface area (Å²) in [6.45, 7) is 1.38. The third kappa shape index (κ3) is 2.69. The first-order chi connectivity index (χ1) is 7.74. The topological polar surface area (TPSA) is 67.3 Å². The number of anilines is 1. The van der Waals surface area contributed by atoms with E-state index in [-0.39, 0.29) is 12.1 Å². The average molecular weight is 288 g/mol. The molecule has 5 nitrogen and oxygen atoms in total. The van der Waals surface area contributed by atoms with Crippen LogP contribution in [0.1, 0.15) is 12.8 Å². The van der Waals surface area contributed by atoms with Crippen LogP contribution in [0, 0.1) is 0 Å². The van der Waals surface area contributed by atoms with Gasteiger partial charge in [-0.1, -0.05) is 0 Å². The SMILES string of the molecule is OCC1(Nc2ncc(Br)cn2)CCOCC1. The van der Waals surface area contributed by atoms with Crippen molar-refractivity contribution in [2.45, 2.75) is 18.4 Å². The van der Waals surface area contributed by atoms with Crippen molar-refractivity contribution in [1.82, 2.24) is 9.97 Å². The van der Waals surface area contributed by atoms with E-state index in [0.29, 0.717) is 19.2 Å². The number of nitrogens with zero attached hydrogens (tertiary/aromatic N) is 2. The Morgan fingerprint density at radius 3 is 2.56 bits per heavy atom. The summed E-state index contributed by atoms with van der Waals surface area (Å²) in [7, 11) is 0. The second-order valence-electron chi connectivity index (χ2n) is 3.90. The highest BCUT2D eigenvalue weighted by Gasteiger charge is 2.32. The zero-order chi connectivity index (χ0) is 11.4. The van der Waals surface area contributed by atoms with Crippen LogP contribution in [0.15, 0.2) is 16.9 Å². The summed E-state index contributed by atoms with van der Waals surface area (Å²) in [5.74, 6) is 0.541. The maximum atomic E-state index is 9.47. The van der Waals surface area contributed by atoms with Gasteiger partial charge in [-0.2, -0.15) is 0 Å². The van der Waals surface area contributed by atoms with Crippen LogP contribution in [-0.4, -0.2) is 40.4 Å². The van der Waals surface area contributed by atoms with Crippen LogP contribution in [0.3, 0.4) is 0 Å². The van der Waals surface area contributed by atoms with Crippen molar-refractivity contribution in [2.24, 2.45) is 0 Å². The molecular weight excluding hydrogens is 274 g/mol. The average Bonchev–Trinajstić information content (AvgIpc) is 2.33. The second kappa shape index (κ2) is 5.07. The fraction of sp³-hybridized carbons (Fsp3) is 0.600. The van der Waals surface area contributed by atoms with Gasteiger partial charge in [-0.3, -0.25) is 0 Å². The van der Waals surface area contributed by atoms with Gasteiger partial charge in [-0.05, 0) is 28.8 Å². The molecule has 0 radical (unpaired) electrons. The lowest BCUT2D eigenvalue weighted by Gasteiger charge is -2.36. The number of ether oxygens (including phenoxy) is 1.